The van der Waals surface area contributed by atoms with Crippen molar-refractivity contribution >= 4 is 35.6 Å². The summed E-state index contributed by atoms with van der Waals surface area (Å²) in [6.45, 7) is -0.0356. The van der Waals surface area contributed by atoms with Crippen LogP contribution in [0.1, 0.15) is 51.3 Å². The fourth-order valence-electron chi connectivity index (χ4n) is 4.08. The van der Waals surface area contributed by atoms with Crippen molar-refractivity contribution in [3.63, 3.8) is 0 Å². The van der Waals surface area contributed by atoms with Gasteiger partial charge in [0.05, 0.1) is 36.9 Å². The van der Waals surface area contributed by atoms with Gasteiger partial charge < -0.3 is 78.7 Å². The second-order valence-corrected chi connectivity index (χ2v) is 10.4. The maximum absolute atomic E-state index is 12.3. The summed E-state index contributed by atoms with van der Waals surface area (Å²) in [4.78, 5) is 76.4. The number of rotatable bonds is 22. The Kier molecular flexibility index (Phi) is 23.3. The van der Waals surface area contributed by atoms with Crippen molar-refractivity contribution in [3.05, 3.63) is 42.2 Å². The van der Waals surface area contributed by atoms with Crippen LogP contribution in [0.2, 0.25) is 0 Å². The number of aromatic nitrogens is 4. The molecule has 0 bridgehead atoms. The van der Waals surface area contributed by atoms with Gasteiger partial charge in [-0.15, -0.1) is 6.54 Å². The fourth-order valence-corrected chi connectivity index (χ4v) is 4.08. The van der Waals surface area contributed by atoms with Crippen molar-refractivity contribution in [2.45, 2.75) is 75.5 Å². The monoisotopic (exact) mass is 739 g/mol. The predicted molar refractivity (Wildman–Crippen MR) is 166 cm³/mol. The third-order valence-electron chi connectivity index (χ3n) is 6.58. The van der Waals surface area contributed by atoms with Gasteiger partial charge in [0.1, 0.15) is 12.1 Å². The minimum absolute atomic E-state index is 0. The van der Waals surface area contributed by atoms with Gasteiger partial charge in [0, 0.05) is 35.4 Å². The van der Waals surface area contributed by atoms with Crippen LogP contribution in [0, 0.1) is 0 Å². The molecule has 3 amide bonds. The average Bonchev–Trinajstić information content (AvgIpc) is 3.78. The molecule has 2 heterocycles. The molecule has 279 valence electrons. The van der Waals surface area contributed by atoms with Gasteiger partial charge in [0.2, 0.25) is 17.7 Å². The van der Waals surface area contributed by atoms with E-state index in [1.807, 2.05) is 0 Å². The van der Waals surface area contributed by atoms with E-state index >= 15 is 0 Å². The number of carbonyl (C=O) groups is 5. The first kappa shape index (κ1) is 44.6. The van der Waals surface area contributed by atoms with Crippen LogP contribution < -0.4 is 53.5 Å². The quantitative estimate of drug-likeness (QED) is 0.0256. The Morgan fingerprint density at radius 3 is 1.94 bits per heavy atom. The summed E-state index contributed by atoms with van der Waals surface area (Å²) in [5, 5.41) is 40.8. The van der Waals surface area contributed by atoms with E-state index in [4.69, 9.17) is 22.9 Å². The standard InChI is InChI=1S/C14H24N6O4.C14H23N6O4.Cu/c2*15-4-2-1-3-10(14(23)24)20-13(22)11(19-12(21)6-16)5-9-7-17-8-18-9;/h7-8,10-11H,1-6,15-16H2,(H4,17,18,19,20,21,22,23,24);7-8,10-11,16H,1-6,15H2,(H,17,18)(H,19,21)(H,20,22)(H,23,24);/q;-1;/p-3. The van der Waals surface area contributed by atoms with Crippen LogP contribution in [0.3, 0.4) is 0 Å². The maximum atomic E-state index is 12.3. The zero-order valence-corrected chi connectivity index (χ0v) is 27.6. The number of H-pyrrole nitrogens is 1. The SMILES string of the molecule is NCCCCC(NC(=O)C(Cc1c[n-]cn1)NC(=O)CN)C(=O)[O-].[Cu].[H+].[NH-]CC([O-])=NC(Cc1cnc[nH]1)C(=O)NC(CCCCN)C(=O)[O-]. The molecule has 0 aliphatic heterocycles. The Labute approximate surface area is 295 Å². The minimum atomic E-state index is -1.41. The summed E-state index contributed by atoms with van der Waals surface area (Å²) in [7, 11) is 0. The Hall–Kier alpha value is -4.40. The van der Waals surface area contributed by atoms with Gasteiger partial charge in [0.15, 0.2) is 0 Å². The molecular formula is C28H44CuN12O8-4. The molecular weight excluding hydrogens is 696 g/mol. The Morgan fingerprint density at radius 2 is 1.49 bits per heavy atom. The molecule has 2 aromatic heterocycles. The van der Waals surface area contributed by atoms with Crippen LogP contribution in [-0.4, -0.2) is 101 Å². The van der Waals surface area contributed by atoms with E-state index in [1.165, 1.54) is 25.0 Å². The van der Waals surface area contributed by atoms with Gasteiger partial charge in [-0.25, -0.2) is 4.98 Å². The maximum Gasteiger partial charge on any atom is 1.00 e. The van der Waals surface area contributed by atoms with Gasteiger partial charge in [0.25, 0.3) is 0 Å². The number of hydrogen-bond donors (Lipinski definition) is 7. The first-order chi connectivity index (χ1) is 22.9. The molecule has 2 rings (SSSR count). The predicted octanol–water partition coefficient (Wildman–Crippen LogP) is -6.01. The molecule has 20 nitrogen and oxygen atoms in total. The molecule has 0 saturated heterocycles. The van der Waals surface area contributed by atoms with E-state index in [0.29, 0.717) is 50.2 Å². The Balaban J connectivity index is 0. The smallest absolute Gasteiger partial charge is 0.863 e. The number of aliphatic imine (C=N–C) groups is 1. The number of nitrogens with one attached hydrogen (secondary N) is 5. The van der Waals surface area contributed by atoms with E-state index in [2.05, 4.69) is 40.9 Å². The molecule has 21 heteroatoms. The molecule has 0 aromatic carbocycles. The van der Waals surface area contributed by atoms with Crippen molar-refractivity contribution in [3.8, 4) is 0 Å². The number of carboxylic acids is 2. The molecule has 0 aliphatic rings. The Bertz CT molecular complexity index is 1290. The first-order valence-corrected chi connectivity index (χ1v) is 15.1. The molecule has 4 unspecified atom stereocenters. The average molecular weight is 740 g/mol. The summed E-state index contributed by atoms with van der Waals surface area (Å²) in [5.74, 6) is -5.47. The second kappa shape index (κ2) is 25.6. The van der Waals surface area contributed by atoms with Crippen molar-refractivity contribution < 1.29 is 57.8 Å². The van der Waals surface area contributed by atoms with Gasteiger partial charge in [-0.3, -0.25) is 19.4 Å². The van der Waals surface area contributed by atoms with Gasteiger partial charge in [-0.1, -0.05) is 24.1 Å². The number of imidazole rings is 2. The molecule has 11 N–H and O–H groups in total. The second-order valence-electron chi connectivity index (χ2n) is 10.4. The molecule has 0 saturated carbocycles. The van der Waals surface area contributed by atoms with E-state index < -0.39 is 66.3 Å². The van der Waals surface area contributed by atoms with Crippen molar-refractivity contribution in [2.24, 2.45) is 22.2 Å². The number of aliphatic carboxylic acids is 2. The molecule has 0 fully saturated rings. The summed E-state index contributed by atoms with van der Waals surface area (Å²) in [5.41, 5.74) is 24.0. The number of unbranched alkanes of at least 4 members (excludes halogenated alkanes) is 2. The largest absolute Gasteiger partial charge is 1.00 e. The molecule has 0 aliphatic carbocycles. The van der Waals surface area contributed by atoms with Crippen LogP contribution in [0.5, 0.6) is 0 Å². The van der Waals surface area contributed by atoms with Crippen LogP contribution in [0.4, 0.5) is 0 Å². The van der Waals surface area contributed by atoms with Gasteiger partial charge >= 0.3 is 1.43 Å². The summed E-state index contributed by atoms with van der Waals surface area (Å²) >= 11 is 0. The van der Waals surface area contributed by atoms with E-state index in [1.54, 1.807) is 0 Å². The molecule has 4 atom stereocenters. The van der Waals surface area contributed by atoms with Crippen molar-refractivity contribution in [2.75, 3.05) is 26.2 Å². The van der Waals surface area contributed by atoms with E-state index in [0.717, 1.165) is 0 Å². The third kappa shape index (κ3) is 18.7. The van der Waals surface area contributed by atoms with Gasteiger partial charge in [-0.2, -0.15) is 0 Å². The van der Waals surface area contributed by atoms with Crippen LogP contribution in [0.25, 0.3) is 5.73 Å². The minimum Gasteiger partial charge on any atom is -0.863 e. The normalized spacial score (nSPS) is 13.3. The fraction of sp³-hybridized carbons (Fsp3) is 0.571. The number of amides is 3. The van der Waals surface area contributed by atoms with Crippen molar-refractivity contribution in [1.29, 1.82) is 0 Å². The third-order valence-corrected chi connectivity index (χ3v) is 6.58. The summed E-state index contributed by atoms with van der Waals surface area (Å²) in [6.07, 6.45) is 8.43. The zero-order valence-electron chi connectivity index (χ0n) is 27.7. The molecule has 2 aromatic rings. The molecule has 0 spiro atoms. The molecule has 49 heavy (non-hydrogen) atoms. The first-order valence-electron chi connectivity index (χ1n) is 15.1. The number of aromatic amines is 1. The number of carbonyl (C=O) groups excluding carboxylic acids is 5. The van der Waals surface area contributed by atoms with Crippen molar-refractivity contribution in [1.82, 2.24) is 35.9 Å². The number of nitrogens with zero attached hydrogens (tertiary/aromatic N) is 4. The summed E-state index contributed by atoms with van der Waals surface area (Å²) < 4.78 is 0. The number of carboxylic acid groups (broad SMARTS) is 2. The summed E-state index contributed by atoms with van der Waals surface area (Å²) in [6, 6.07) is -4.49. The number of hydrogen-bond acceptors (Lipinski definition) is 14. The van der Waals surface area contributed by atoms with Crippen LogP contribution >= 0.6 is 0 Å². The van der Waals surface area contributed by atoms with Crippen LogP contribution in [-0.2, 0) is 53.9 Å². The topological polar surface area (TPSA) is 361 Å². The zero-order chi connectivity index (χ0) is 35.9. The van der Waals surface area contributed by atoms with E-state index in [9.17, 15) is 39.3 Å². The number of nitrogens with two attached hydrogens (primary N) is 3. The molecule has 1 radical (unpaired) electrons. The Morgan fingerprint density at radius 1 is 0.898 bits per heavy atom. The van der Waals surface area contributed by atoms with Gasteiger partial charge in [-0.05, 0) is 58.0 Å². The van der Waals surface area contributed by atoms with Crippen LogP contribution in [0.15, 0.2) is 30.0 Å². The van der Waals surface area contributed by atoms with E-state index in [-0.39, 0.29) is 50.7 Å².